The van der Waals surface area contributed by atoms with Gasteiger partial charge in [0.15, 0.2) is 0 Å². The van der Waals surface area contributed by atoms with E-state index < -0.39 is 0 Å². The molecule has 0 unspecified atom stereocenters. The van der Waals surface area contributed by atoms with Crippen molar-refractivity contribution in [1.82, 2.24) is 4.98 Å². The Morgan fingerprint density at radius 1 is 1.27 bits per heavy atom. The Morgan fingerprint density at radius 2 is 2.09 bits per heavy atom. The number of para-hydroxylation sites is 1. The second-order valence-corrected chi connectivity index (χ2v) is 6.21. The normalized spacial score (nSPS) is 10.8. The minimum atomic E-state index is -0.267. The number of carbonyl (C=O) groups is 1. The SMILES string of the molecule is CCOC(=O)Cc1ccc(-c2nc3ccccc3s2)cc1Cl. The Hall–Kier alpha value is -1.91. The van der Waals surface area contributed by atoms with Crippen LogP contribution in [0.1, 0.15) is 12.5 Å². The number of nitrogens with zero attached hydrogens (tertiary/aromatic N) is 1. The van der Waals surface area contributed by atoms with Gasteiger partial charge >= 0.3 is 5.97 Å². The average molecular weight is 332 g/mol. The van der Waals surface area contributed by atoms with Gasteiger partial charge in [0.2, 0.25) is 0 Å². The molecule has 0 saturated carbocycles. The lowest BCUT2D eigenvalue weighted by Crippen LogP contribution is -2.07. The van der Waals surface area contributed by atoms with Crippen LogP contribution in [0.3, 0.4) is 0 Å². The van der Waals surface area contributed by atoms with Gasteiger partial charge in [-0.25, -0.2) is 4.98 Å². The summed E-state index contributed by atoms with van der Waals surface area (Å²) >= 11 is 7.92. The Bertz CT molecular complexity index is 795. The van der Waals surface area contributed by atoms with E-state index in [-0.39, 0.29) is 12.4 Å². The molecule has 0 saturated heterocycles. The first-order valence-corrected chi connectivity index (χ1v) is 8.17. The second-order valence-electron chi connectivity index (χ2n) is 4.77. The first-order valence-electron chi connectivity index (χ1n) is 6.97. The fraction of sp³-hybridized carbons (Fsp3) is 0.176. The molecule has 22 heavy (non-hydrogen) atoms. The summed E-state index contributed by atoms with van der Waals surface area (Å²) in [6.45, 7) is 2.16. The first-order chi connectivity index (χ1) is 10.7. The van der Waals surface area contributed by atoms with Crippen LogP contribution in [-0.4, -0.2) is 17.6 Å². The van der Waals surface area contributed by atoms with Gasteiger partial charge in [-0.15, -0.1) is 11.3 Å². The summed E-state index contributed by atoms with van der Waals surface area (Å²) in [5.41, 5.74) is 2.71. The van der Waals surface area contributed by atoms with Crippen LogP contribution >= 0.6 is 22.9 Å². The molecule has 0 radical (unpaired) electrons. The van der Waals surface area contributed by atoms with Gasteiger partial charge < -0.3 is 4.74 Å². The van der Waals surface area contributed by atoms with Crippen molar-refractivity contribution >= 4 is 39.1 Å². The maximum Gasteiger partial charge on any atom is 0.310 e. The molecule has 2 aromatic carbocycles. The van der Waals surface area contributed by atoms with Crippen LogP contribution in [0.5, 0.6) is 0 Å². The minimum absolute atomic E-state index is 0.187. The zero-order valence-corrected chi connectivity index (χ0v) is 13.6. The van der Waals surface area contributed by atoms with Gasteiger partial charge in [0.25, 0.3) is 0 Å². The lowest BCUT2D eigenvalue weighted by Gasteiger charge is -2.05. The smallest absolute Gasteiger partial charge is 0.310 e. The van der Waals surface area contributed by atoms with Crippen LogP contribution < -0.4 is 0 Å². The maximum atomic E-state index is 11.5. The molecule has 0 bridgehead atoms. The van der Waals surface area contributed by atoms with Crippen LogP contribution in [0.2, 0.25) is 5.02 Å². The van der Waals surface area contributed by atoms with Crippen molar-refractivity contribution in [3.05, 3.63) is 53.1 Å². The Morgan fingerprint density at radius 3 is 2.82 bits per heavy atom. The van der Waals surface area contributed by atoms with Crippen LogP contribution in [0, 0.1) is 0 Å². The number of halogens is 1. The highest BCUT2D eigenvalue weighted by molar-refractivity contribution is 7.21. The van der Waals surface area contributed by atoms with Crippen LogP contribution in [0.25, 0.3) is 20.8 Å². The molecule has 3 nitrogen and oxygen atoms in total. The van der Waals surface area contributed by atoms with E-state index in [2.05, 4.69) is 4.98 Å². The molecule has 3 aromatic rings. The van der Waals surface area contributed by atoms with Crippen molar-refractivity contribution in [2.24, 2.45) is 0 Å². The van der Waals surface area contributed by atoms with Crippen molar-refractivity contribution < 1.29 is 9.53 Å². The van der Waals surface area contributed by atoms with E-state index in [1.54, 1.807) is 18.3 Å². The third-order valence-corrected chi connectivity index (χ3v) is 4.67. The Labute approximate surface area is 137 Å². The highest BCUT2D eigenvalue weighted by Gasteiger charge is 2.11. The van der Waals surface area contributed by atoms with E-state index >= 15 is 0 Å². The zero-order chi connectivity index (χ0) is 15.5. The predicted molar refractivity (Wildman–Crippen MR) is 90.4 cm³/mol. The summed E-state index contributed by atoms with van der Waals surface area (Å²) in [5, 5.41) is 1.48. The Balaban J connectivity index is 1.89. The van der Waals surface area contributed by atoms with Crippen molar-refractivity contribution in [1.29, 1.82) is 0 Å². The molecule has 5 heteroatoms. The van der Waals surface area contributed by atoms with Gasteiger partial charge in [0.1, 0.15) is 5.01 Å². The van der Waals surface area contributed by atoms with Crippen molar-refractivity contribution in [2.45, 2.75) is 13.3 Å². The third kappa shape index (κ3) is 3.13. The fourth-order valence-electron chi connectivity index (χ4n) is 2.19. The number of thiazole rings is 1. The number of rotatable bonds is 4. The molecule has 1 heterocycles. The molecule has 0 fully saturated rings. The summed E-state index contributed by atoms with van der Waals surface area (Å²) in [7, 11) is 0. The van der Waals surface area contributed by atoms with Crippen molar-refractivity contribution in [3.8, 4) is 10.6 Å². The van der Waals surface area contributed by atoms with E-state index in [0.29, 0.717) is 11.6 Å². The monoisotopic (exact) mass is 331 g/mol. The van der Waals surface area contributed by atoms with E-state index in [1.165, 1.54) is 0 Å². The van der Waals surface area contributed by atoms with E-state index in [1.807, 2.05) is 42.5 Å². The first kappa shape index (κ1) is 15.0. The number of esters is 1. The summed E-state index contributed by atoms with van der Waals surface area (Å²) in [6, 6.07) is 13.7. The molecule has 0 aliphatic rings. The molecule has 3 rings (SSSR count). The Kier molecular flexibility index (Phi) is 4.41. The summed E-state index contributed by atoms with van der Waals surface area (Å²) < 4.78 is 6.09. The van der Waals surface area contributed by atoms with Gasteiger partial charge in [-0.3, -0.25) is 4.79 Å². The topological polar surface area (TPSA) is 39.2 Å². The van der Waals surface area contributed by atoms with Crippen LogP contribution in [-0.2, 0) is 16.0 Å². The molecule has 0 spiro atoms. The van der Waals surface area contributed by atoms with Crippen molar-refractivity contribution in [2.75, 3.05) is 6.61 Å². The van der Waals surface area contributed by atoms with Gasteiger partial charge in [0.05, 0.1) is 23.2 Å². The molecule has 0 atom stereocenters. The molecule has 0 amide bonds. The number of fused-ring (bicyclic) bond motifs is 1. The number of carbonyl (C=O) groups excluding carboxylic acids is 1. The number of ether oxygens (including phenoxy) is 1. The highest BCUT2D eigenvalue weighted by atomic mass is 35.5. The highest BCUT2D eigenvalue weighted by Crippen LogP contribution is 2.32. The predicted octanol–water partition coefficient (Wildman–Crippen LogP) is 4.72. The van der Waals surface area contributed by atoms with Gasteiger partial charge in [-0.2, -0.15) is 0 Å². The lowest BCUT2D eigenvalue weighted by atomic mass is 10.1. The number of benzene rings is 2. The largest absolute Gasteiger partial charge is 0.466 e. The van der Waals surface area contributed by atoms with E-state index in [0.717, 1.165) is 26.4 Å². The minimum Gasteiger partial charge on any atom is -0.466 e. The molecular weight excluding hydrogens is 318 g/mol. The van der Waals surface area contributed by atoms with Crippen molar-refractivity contribution in [3.63, 3.8) is 0 Å². The van der Waals surface area contributed by atoms with Crippen LogP contribution in [0.15, 0.2) is 42.5 Å². The standard InChI is InChI=1S/C17H14ClNO2S/c1-2-21-16(20)10-11-7-8-12(9-13(11)18)17-19-14-5-3-4-6-15(14)22-17/h3-9H,2,10H2,1H3. The molecular formula is C17H14ClNO2S. The molecule has 0 aliphatic heterocycles. The molecule has 1 aromatic heterocycles. The molecule has 0 N–H and O–H groups in total. The quantitative estimate of drug-likeness (QED) is 0.649. The summed E-state index contributed by atoms with van der Waals surface area (Å²) in [5.74, 6) is -0.267. The maximum absolute atomic E-state index is 11.5. The van der Waals surface area contributed by atoms with Gasteiger partial charge in [-0.05, 0) is 30.7 Å². The lowest BCUT2D eigenvalue weighted by molar-refractivity contribution is -0.142. The van der Waals surface area contributed by atoms with E-state index in [9.17, 15) is 4.79 Å². The summed E-state index contributed by atoms with van der Waals surface area (Å²) in [4.78, 5) is 16.2. The number of hydrogen-bond donors (Lipinski definition) is 0. The molecule has 0 aliphatic carbocycles. The average Bonchev–Trinajstić information content (AvgIpc) is 2.93. The second kappa shape index (κ2) is 6.46. The van der Waals surface area contributed by atoms with Gasteiger partial charge in [0, 0.05) is 10.6 Å². The summed E-state index contributed by atoms with van der Waals surface area (Å²) in [6.07, 6.45) is 0.187. The third-order valence-electron chi connectivity index (χ3n) is 3.23. The number of hydrogen-bond acceptors (Lipinski definition) is 4. The van der Waals surface area contributed by atoms with E-state index in [4.69, 9.17) is 16.3 Å². The molecule has 112 valence electrons. The van der Waals surface area contributed by atoms with Gasteiger partial charge in [-0.1, -0.05) is 35.9 Å². The zero-order valence-electron chi connectivity index (χ0n) is 12.0. The number of aromatic nitrogens is 1. The van der Waals surface area contributed by atoms with Crippen LogP contribution in [0.4, 0.5) is 0 Å². The fourth-order valence-corrected chi connectivity index (χ4v) is 3.40.